The summed E-state index contributed by atoms with van der Waals surface area (Å²) in [4.78, 5) is 27.0. The van der Waals surface area contributed by atoms with E-state index in [1.807, 2.05) is 31.4 Å². The molecule has 0 unspecified atom stereocenters. The molecule has 28 heavy (non-hydrogen) atoms. The highest BCUT2D eigenvalue weighted by molar-refractivity contribution is 9.10. The molecule has 0 bridgehead atoms. The number of likely N-dealkylation sites (N-methyl/N-ethyl adjacent to an activating group) is 1. The number of ether oxygens (including phenoxy) is 3. The van der Waals surface area contributed by atoms with E-state index < -0.39 is 5.97 Å². The summed E-state index contributed by atoms with van der Waals surface area (Å²) in [7, 11) is 1.69. The van der Waals surface area contributed by atoms with Gasteiger partial charge >= 0.3 is 5.97 Å². The zero-order valence-electron chi connectivity index (χ0n) is 16.2. The molecule has 1 aromatic heterocycles. The topological polar surface area (TPSA) is 65.1 Å². The molecule has 0 saturated carbocycles. The molecule has 1 aromatic carbocycles. The van der Waals surface area contributed by atoms with Crippen LogP contribution in [-0.2, 0) is 27.3 Å². The Kier molecular flexibility index (Phi) is 8.79. The van der Waals surface area contributed by atoms with E-state index in [0.29, 0.717) is 36.8 Å². The molecule has 8 heteroatoms. The molecule has 1 heterocycles. The lowest BCUT2D eigenvalue weighted by atomic mass is 10.1. The average molecular weight is 470 g/mol. The first-order chi connectivity index (χ1) is 13.4. The molecule has 0 aliphatic carbocycles. The minimum atomic E-state index is -0.481. The van der Waals surface area contributed by atoms with Crippen molar-refractivity contribution in [2.75, 3.05) is 26.9 Å². The van der Waals surface area contributed by atoms with Crippen molar-refractivity contribution in [3.63, 3.8) is 0 Å². The van der Waals surface area contributed by atoms with E-state index in [1.165, 1.54) is 0 Å². The van der Waals surface area contributed by atoms with Gasteiger partial charge in [0.2, 0.25) is 0 Å². The Balaban J connectivity index is 1.93. The highest BCUT2D eigenvalue weighted by atomic mass is 79.9. The number of benzene rings is 1. The van der Waals surface area contributed by atoms with Gasteiger partial charge in [-0.2, -0.15) is 0 Å². The summed E-state index contributed by atoms with van der Waals surface area (Å²) >= 11 is 5.03. The zero-order valence-corrected chi connectivity index (χ0v) is 18.6. The van der Waals surface area contributed by atoms with Crippen LogP contribution in [0.15, 0.2) is 34.1 Å². The fraction of sp³-hybridized carbons (Fsp3) is 0.400. The standard InChI is InChI=1S/C20H24BrNO5S/c1-4-25-17-9-14(16(21)11-18(17)26-5-2)10-20(24)27-13-19(23)22(3)12-15-7-6-8-28-15/h6-9,11H,4-5,10,12-13H2,1-3H3. The highest BCUT2D eigenvalue weighted by Crippen LogP contribution is 2.34. The second-order valence-corrected chi connectivity index (χ2v) is 7.81. The van der Waals surface area contributed by atoms with Gasteiger partial charge in [-0.15, -0.1) is 11.3 Å². The quantitative estimate of drug-likeness (QED) is 0.491. The monoisotopic (exact) mass is 469 g/mol. The smallest absolute Gasteiger partial charge is 0.310 e. The van der Waals surface area contributed by atoms with E-state index in [4.69, 9.17) is 14.2 Å². The number of thiophene rings is 1. The second-order valence-electron chi connectivity index (χ2n) is 5.92. The molecule has 152 valence electrons. The molecule has 0 N–H and O–H groups in total. The summed E-state index contributed by atoms with van der Waals surface area (Å²) in [6, 6.07) is 7.42. The van der Waals surface area contributed by atoms with Gasteiger partial charge in [-0.05, 0) is 43.0 Å². The van der Waals surface area contributed by atoms with Crippen LogP contribution in [0.4, 0.5) is 0 Å². The number of carbonyl (C=O) groups is 2. The number of nitrogens with zero attached hydrogens (tertiary/aromatic N) is 1. The Morgan fingerprint density at radius 3 is 2.43 bits per heavy atom. The van der Waals surface area contributed by atoms with E-state index in [-0.39, 0.29) is 18.9 Å². The van der Waals surface area contributed by atoms with Crippen molar-refractivity contribution in [3.05, 3.63) is 44.6 Å². The van der Waals surface area contributed by atoms with Crippen molar-refractivity contribution in [2.45, 2.75) is 26.8 Å². The first-order valence-corrected chi connectivity index (χ1v) is 10.6. The molecule has 0 aliphatic heterocycles. The van der Waals surface area contributed by atoms with Crippen LogP contribution in [0.5, 0.6) is 11.5 Å². The molecule has 0 spiro atoms. The number of esters is 1. The molecule has 2 aromatic rings. The van der Waals surface area contributed by atoms with E-state index in [0.717, 1.165) is 9.35 Å². The summed E-state index contributed by atoms with van der Waals surface area (Å²) in [5, 5.41) is 1.96. The lowest BCUT2D eigenvalue weighted by Gasteiger charge is -2.16. The molecule has 0 aliphatic rings. The zero-order chi connectivity index (χ0) is 20.5. The number of rotatable bonds is 10. The van der Waals surface area contributed by atoms with Gasteiger partial charge in [-0.3, -0.25) is 9.59 Å². The van der Waals surface area contributed by atoms with E-state index in [9.17, 15) is 9.59 Å². The maximum atomic E-state index is 12.2. The second kappa shape index (κ2) is 11.1. The third-order valence-corrected chi connectivity index (χ3v) is 5.40. The number of hydrogen-bond acceptors (Lipinski definition) is 6. The number of hydrogen-bond donors (Lipinski definition) is 0. The first kappa shape index (κ1) is 22.2. The Morgan fingerprint density at radius 1 is 1.14 bits per heavy atom. The Hall–Kier alpha value is -2.06. The minimum Gasteiger partial charge on any atom is -0.490 e. The Morgan fingerprint density at radius 2 is 1.82 bits per heavy atom. The average Bonchev–Trinajstić information content (AvgIpc) is 3.16. The predicted molar refractivity (Wildman–Crippen MR) is 112 cm³/mol. The van der Waals surface area contributed by atoms with E-state index in [2.05, 4.69) is 15.9 Å². The molecular formula is C20H24BrNO5S. The molecule has 6 nitrogen and oxygen atoms in total. The molecule has 2 rings (SSSR count). The van der Waals surface area contributed by atoms with Crippen LogP contribution in [0.3, 0.4) is 0 Å². The predicted octanol–water partition coefficient (Wildman–Crippen LogP) is 4.05. The van der Waals surface area contributed by atoms with Gasteiger partial charge in [0.05, 0.1) is 26.2 Å². The van der Waals surface area contributed by atoms with Gasteiger partial charge in [0.1, 0.15) is 0 Å². The maximum absolute atomic E-state index is 12.2. The molecule has 1 amide bonds. The molecular weight excluding hydrogens is 446 g/mol. The first-order valence-electron chi connectivity index (χ1n) is 8.94. The van der Waals surface area contributed by atoms with E-state index in [1.54, 1.807) is 35.4 Å². The summed E-state index contributed by atoms with van der Waals surface area (Å²) in [5.41, 5.74) is 0.705. The summed E-state index contributed by atoms with van der Waals surface area (Å²) < 4.78 is 17.0. The van der Waals surface area contributed by atoms with Gasteiger partial charge in [0.15, 0.2) is 18.1 Å². The van der Waals surface area contributed by atoms with Gasteiger partial charge in [0.25, 0.3) is 5.91 Å². The summed E-state index contributed by atoms with van der Waals surface area (Å²) in [6.45, 7) is 4.97. The van der Waals surface area contributed by atoms with Crippen molar-refractivity contribution < 1.29 is 23.8 Å². The fourth-order valence-electron chi connectivity index (χ4n) is 2.43. The highest BCUT2D eigenvalue weighted by Gasteiger charge is 2.16. The number of halogens is 1. The molecule has 0 atom stereocenters. The maximum Gasteiger partial charge on any atom is 0.310 e. The molecule has 0 radical (unpaired) electrons. The van der Waals surface area contributed by atoms with Crippen LogP contribution < -0.4 is 9.47 Å². The van der Waals surface area contributed by atoms with Crippen LogP contribution in [-0.4, -0.2) is 43.6 Å². The number of carbonyl (C=O) groups excluding carboxylic acids is 2. The minimum absolute atomic E-state index is 0.0228. The third kappa shape index (κ3) is 6.53. The van der Waals surface area contributed by atoms with Crippen molar-refractivity contribution in [1.29, 1.82) is 0 Å². The van der Waals surface area contributed by atoms with Gasteiger partial charge in [0, 0.05) is 16.4 Å². The SMILES string of the molecule is CCOc1cc(Br)c(CC(=O)OCC(=O)N(C)Cc2cccs2)cc1OCC. The van der Waals surface area contributed by atoms with Crippen LogP contribution >= 0.6 is 27.3 Å². The van der Waals surface area contributed by atoms with E-state index >= 15 is 0 Å². The van der Waals surface area contributed by atoms with Crippen LogP contribution in [0, 0.1) is 0 Å². The fourth-order valence-corrected chi connectivity index (χ4v) is 3.65. The van der Waals surface area contributed by atoms with Gasteiger partial charge in [-0.1, -0.05) is 22.0 Å². The molecule has 0 fully saturated rings. The van der Waals surface area contributed by atoms with Crippen LogP contribution in [0.2, 0.25) is 0 Å². The van der Waals surface area contributed by atoms with Crippen molar-refractivity contribution in [1.82, 2.24) is 4.90 Å². The van der Waals surface area contributed by atoms with Crippen molar-refractivity contribution in [3.8, 4) is 11.5 Å². The molecule has 0 saturated heterocycles. The summed E-state index contributed by atoms with van der Waals surface area (Å²) in [5.74, 6) is 0.452. The summed E-state index contributed by atoms with van der Waals surface area (Å²) in [6.07, 6.45) is 0.0228. The lowest BCUT2D eigenvalue weighted by molar-refractivity contribution is -0.151. The van der Waals surface area contributed by atoms with Gasteiger partial charge < -0.3 is 19.1 Å². The van der Waals surface area contributed by atoms with Gasteiger partial charge in [-0.25, -0.2) is 0 Å². The number of amides is 1. The van der Waals surface area contributed by atoms with Crippen LogP contribution in [0.1, 0.15) is 24.3 Å². The largest absolute Gasteiger partial charge is 0.490 e. The van der Waals surface area contributed by atoms with Crippen LogP contribution in [0.25, 0.3) is 0 Å². The third-order valence-electron chi connectivity index (χ3n) is 3.80. The lowest BCUT2D eigenvalue weighted by Crippen LogP contribution is -2.30. The normalized spacial score (nSPS) is 10.4. The van der Waals surface area contributed by atoms with Crippen molar-refractivity contribution >= 4 is 39.1 Å². The Bertz CT molecular complexity index is 794. The van der Waals surface area contributed by atoms with Crippen molar-refractivity contribution in [2.24, 2.45) is 0 Å². The Labute approximate surface area is 177 Å².